The Morgan fingerprint density at radius 2 is 2.14 bits per heavy atom. The van der Waals surface area contributed by atoms with E-state index in [0.717, 1.165) is 11.3 Å². The SMILES string of the molecule is Cc1cccc(-n2c(=O)ssc2=S)c1. The second-order valence-corrected chi connectivity index (χ2v) is 5.59. The minimum absolute atomic E-state index is 0.00870. The van der Waals surface area contributed by atoms with Gasteiger partial charge in [0.05, 0.1) is 5.69 Å². The highest BCUT2D eigenvalue weighted by atomic mass is 32.9. The molecule has 0 saturated carbocycles. The fraction of sp³-hybridized carbons (Fsp3) is 0.111. The van der Waals surface area contributed by atoms with Gasteiger partial charge in [-0.15, -0.1) is 0 Å². The lowest BCUT2D eigenvalue weighted by Gasteiger charge is -2.00. The number of rotatable bonds is 1. The van der Waals surface area contributed by atoms with Crippen LogP contribution in [0.15, 0.2) is 29.1 Å². The van der Waals surface area contributed by atoms with Crippen LogP contribution in [-0.2, 0) is 0 Å². The summed E-state index contributed by atoms with van der Waals surface area (Å²) in [5.41, 5.74) is 1.98. The van der Waals surface area contributed by atoms with Crippen LogP contribution in [0.1, 0.15) is 5.56 Å². The van der Waals surface area contributed by atoms with E-state index in [4.69, 9.17) is 12.2 Å². The molecule has 5 heteroatoms. The van der Waals surface area contributed by atoms with Gasteiger partial charge < -0.3 is 0 Å². The van der Waals surface area contributed by atoms with E-state index in [1.807, 2.05) is 31.2 Å². The highest BCUT2D eigenvalue weighted by Crippen LogP contribution is 2.13. The van der Waals surface area contributed by atoms with E-state index in [-0.39, 0.29) is 4.87 Å². The summed E-state index contributed by atoms with van der Waals surface area (Å²) in [5, 5.41) is 0. The molecular weight excluding hydrogens is 234 g/mol. The van der Waals surface area contributed by atoms with Gasteiger partial charge in [0.2, 0.25) is 0 Å². The summed E-state index contributed by atoms with van der Waals surface area (Å²) in [6.45, 7) is 1.99. The number of nitrogens with zero attached hydrogens (tertiary/aromatic N) is 1. The van der Waals surface area contributed by atoms with Crippen molar-refractivity contribution in [2.45, 2.75) is 6.92 Å². The van der Waals surface area contributed by atoms with Crippen LogP contribution >= 0.6 is 32.9 Å². The first-order chi connectivity index (χ1) is 6.68. The third kappa shape index (κ3) is 1.70. The molecule has 0 radical (unpaired) electrons. The van der Waals surface area contributed by atoms with Crippen LogP contribution in [0.2, 0.25) is 0 Å². The van der Waals surface area contributed by atoms with Crippen molar-refractivity contribution in [3.05, 3.63) is 43.5 Å². The van der Waals surface area contributed by atoms with E-state index in [9.17, 15) is 4.79 Å². The van der Waals surface area contributed by atoms with Crippen molar-refractivity contribution in [2.24, 2.45) is 0 Å². The van der Waals surface area contributed by atoms with E-state index >= 15 is 0 Å². The second kappa shape index (κ2) is 3.76. The lowest BCUT2D eigenvalue weighted by Crippen LogP contribution is -2.10. The van der Waals surface area contributed by atoms with Gasteiger partial charge in [-0.3, -0.25) is 4.79 Å². The predicted molar refractivity (Wildman–Crippen MR) is 63.4 cm³/mol. The van der Waals surface area contributed by atoms with E-state index in [1.165, 1.54) is 20.7 Å². The largest absolute Gasteiger partial charge is 0.323 e. The van der Waals surface area contributed by atoms with Crippen molar-refractivity contribution >= 4 is 32.9 Å². The molecule has 0 bridgehead atoms. The Morgan fingerprint density at radius 1 is 1.36 bits per heavy atom. The summed E-state index contributed by atoms with van der Waals surface area (Å²) in [7, 11) is 2.52. The maximum atomic E-state index is 11.5. The van der Waals surface area contributed by atoms with Crippen LogP contribution in [0.3, 0.4) is 0 Å². The smallest absolute Gasteiger partial charge is 0.255 e. The fourth-order valence-electron chi connectivity index (χ4n) is 1.20. The average molecular weight is 241 g/mol. The predicted octanol–water partition coefficient (Wildman–Crippen LogP) is 3.00. The van der Waals surface area contributed by atoms with Crippen LogP contribution in [-0.4, -0.2) is 4.57 Å². The van der Waals surface area contributed by atoms with Crippen LogP contribution in [0, 0.1) is 10.9 Å². The molecule has 1 aromatic heterocycles. The summed E-state index contributed by atoms with van der Waals surface area (Å²) in [6.07, 6.45) is 0. The van der Waals surface area contributed by atoms with Gasteiger partial charge in [0.1, 0.15) is 0 Å². The molecule has 0 unspecified atom stereocenters. The van der Waals surface area contributed by atoms with E-state index in [0.29, 0.717) is 3.95 Å². The Labute approximate surface area is 93.5 Å². The molecule has 0 saturated heterocycles. The summed E-state index contributed by atoms with van der Waals surface area (Å²) in [4.78, 5) is 11.5. The Bertz CT molecular complexity index is 536. The average Bonchev–Trinajstić information content (AvgIpc) is 2.46. The number of hydrogen-bond donors (Lipinski definition) is 0. The Balaban J connectivity index is 2.72. The zero-order chi connectivity index (χ0) is 10.1. The van der Waals surface area contributed by atoms with E-state index < -0.39 is 0 Å². The Morgan fingerprint density at radius 3 is 2.71 bits per heavy atom. The fourth-order valence-corrected chi connectivity index (χ4v) is 3.36. The quantitative estimate of drug-likeness (QED) is 0.565. The highest BCUT2D eigenvalue weighted by Gasteiger charge is 2.03. The van der Waals surface area contributed by atoms with Gasteiger partial charge in [-0.25, -0.2) is 4.57 Å². The zero-order valence-electron chi connectivity index (χ0n) is 7.39. The molecule has 0 spiro atoms. The maximum Gasteiger partial charge on any atom is 0.323 e. The van der Waals surface area contributed by atoms with Gasteiger partial charge in [0.15, 0.2) is 3.95 Å². The molecule has 0 aliphatic carbocycles. The summed E-state index contributed by atoms with van der Waals surface area (Å²) in [6, 6.07) is 7.77. The van der Waals surface area contributed by atoms with Crippen molar-refractivity contribution in [3.8, 4) is 5.69 Å². The Kier molecular flexibility index (Phi) is 2.62. The van der Waals surface area contributed by atoms with Gasteiger partial charge in [-0.2, -0.15) is 0 Å². The van der Waals surface area contributed by atoms with Gasteiger partial charge in [0.25, 0.3) is 0 Å². The molecular formula is C9H7NOS3. The number of hydrogen-bond acceptors (Lipinski definition) is 4. The number of benzene rings is 1. The van der Waals surface area contributed by atoms with Crippen molar-refractivity contribution in [3.63, 3.8) is 0 Å². The summed E-state index contributed by atoms with van der Waals surface area (Å²) >= 11 is 5.09. The number of aryl methyl sites for hydroxylation is 1. The first-order valence-corrected chi connectivity index (χ1v) is 6.53. The lowest BCUT2D eigenvalue weighted by atomic mass is 10.2. The first kappa shape index (κ1) is 9.76. The molecule has 72 valence electrons. The molecule has 0 amide bonds. The third-order valence-electron chi connectivity index (χ3n) is 1.81. The van der Waals surface area contributed by atoms with Gasteiger partial charge in [-0.05, 0) is 57.5 Å². The lowest BCUT2D eigenvalue weighted by molar-refractivity contribution is 1.03. The van der Waals surface area contributed by atoms with Crippen molar-refractivity contribution < 1.29 is 0 Å². The zero-order valence-corrected chi connectivity index (χ0v) is 9.84. The van der Waals surface area contributed by atoms with Crippen LogP contribution in [0.25, 0.3) is 5.69 Å². The summed E-state index contributed by atoms with van der Waals surface area (Å²) < 4.78 is 2.18. The molecule has 14 heavy (non-hydrogen) atoms. The molecule has 0 N–H and O–H groups in total. The molecule has 1 aromatic carbocycles. The molecule has 2 nitrogen and oxygen atoms in total. The van der Waals surface area contributed by atoms with Gasteiger partial charge in [0, 0.05) is 0 Å². The van der Waals surface area contributed by atoms with Crippen molar-refractivity contribution in [1.82, 2.24) is 4.57 Å². The van der Waals surface area contributed by atoms with Crippen LogP contribution < -0.4 is 4.87 Å². The van der Waals surface area contributed by atoms with Crippen LogP contribution in [0.4, 0.5) is 0 Å². The van der Waals surface area contributed by atoms with Crippen LogP contribution in [0.5, 0.6) is 0 Å². The third-order valence-corrected chi connectivity index (χ3v) is 4.44. The van der Waals surface area contributed by atoms with E-state index in [1.54, 1.807) is 4.57 Å². The molecule has 0 fully saturated rings. The second-order valence-electron chi connectivity index (χ2n) is 2.87. The standard InChI is InChI=1S/C9H7NOS3/c1-6-3-2-4-7(5-6)10-8(11)13-14-9(10)12/h2-5H,1H3. The molecule has 0 aliphatic heterocycles. The first-order valence-electron chi connectivity index (χ1n) is 3.98. The topological polar surface area (TPSA) is 22.0 Å². The Hall–Kier alpha value is -0.780. The molecule has 0 atom stereocenters. The highest BCUT2D eigenvalue weighted by molar-refractivity contribution is 7.79. The maximum absolute atomic E-state index is 11.5. The van der Waals surface area contributed by atoms with Gasteiger partial charge in [-0.1, -0.05) is 12.1 Å². The molecule has 2 aromatic rings. The minimum atomic E-state index is -0.00870. The monoisotopic (exact) mass is 241 g/mol. The minimum Gasteiger partial charge on any atom is -0.255 e. The molecule has 1 heterocycles. The summed E-state index contributed by atoms with van der Waals surface area (Å²) in [5.74, 6) is 0. The van der Waals surface area contributed by atoms with Crippen molar-refractivity contribution in [2.75, 3.05) is 0 Å². The molecule has 2 rings (SSSR count). The molecule has 0 aliphatic rings. The van der Waals surface area contributed by atoms with E-state index in [2.05, 4.69) is 0 Å². The normalized spacial score (nSPS) is 10.4. The van der Waals surface area contributed by atoms with Gasteiger partial charge >= 0.3 is 4.87 Å². The van der Waals surface area contributed by atoms with Crippen molar-refractivity contribution in [1.29, 1.82) is 0 Å². The number of aromatic nitrogens is 1.